The van der Waals surface area contributed by atoms with Gasteiger partial charge in [-0.05, 0) is 44.0 Å². The molecule has 0 aliphatic carbocycles. The van der Waals surface area contributed by atoms with Crippen molar-refractivity contribution in [1.82, 2.24) is 20.2 Å². The lowest BCUT2D eigenvalue weighted by molar-refractivity contribution is -0.120. The summed E-state index contributed by atoms with van der Waals surface area (Å²) in [4.78, 5) is 24.7. The molecule has 1 saturated heterocycles. The summed E-state index contributed by atoms with van der Waals surface area (Å²) in [5.41, 5.74) is 1.73. The topological polar surface area (TPSA) is 83.9 Å². The van der Waals surface area contributed by atoms with E-state index in [1.165, 1.54) is 11.3 Å². The van der Waals surface area contributed by atoms with E-state index in [1.807, 2.05) is 31.2 Å². The highest BCUT2D eigenvalue weighted by molar-refractivity contribution is 7.19. The van der Waals surface area contributed by atoms with Gasteiger partial charge in [0, 0.05) is 19.3 Å². The zero-order valence-corrected chi connectivity index (χ0v) is 16.9. The van der Waals surface area contributed by atoms with Gasteiger partial charge in [-0.3, -0.25) is 9.78 Å². The number of nitrogens with zero attached hydrogens (tertiary/aromatic N) is 5. The van der Waals surface area contributed by atoms with E-state index in [2.05, 4.69) is 30.4 Å². The number of thiazole rings is 1. The summed E-state index contributed by atoms with van der Waals surface area (Å²) in [7, 11) is 0. The summed E-state index contributed by atoms with van der Waals surface area (Å²) in [6, 6.07) is 9.31. The minimum Gasteiger partial charge on any atom is -0.354 e. The third kappa shape index (κ3) is 4.13. The van der Waals surface area contributed by atoms with Crippen LogP contribution in [0.1, 0.15) is 18.5 Å². The van der Waals surface area contributed by atoms with E-state index in [0.717, 1.165) is 41.5 Å². The number of hydrogen-bond donors (Lipinski definition) is 1. The lowest BCUT2D eigenvalue weighted by Crippen LogP contribution is -2.41. The first-order valence-electron chi connectivity index (χ1n) is 9.04. The second-order valence-corrected chi connectivity index (χ2v) is 8.02. The Hall–Kier alpha value is -2.58. The predicted octanol–water partition coefficient (Wildman–Crippen LogP) is 3.81. The van der Waals surface area contributed by atoms with Gasteiger partial charge in [-0.25, -0.2) is 4.98 Å². The number of carbonyl (C=O) groups excluding carboxylic acids is 1. The van der Waals surface area contributed by atoms with Gasteiger partial charge in [0.25, 0.3) is 0 Å². The standard InChI is InChI=1S/C19H19ClN6OS/c1-12-17(14-6-2-3-9-21-14)28-19(22-12)23-18(27)13-5-4-10-26(11-13)16-8-7-15(20)24-25-16/h2-3,6-9,13H,4-5,10-11H2,1H3,(H,22,23,27). The second kappa shape index (κ2) is 8.20. The van der Waals surface area contributed by atoms with E-state index in [-0.39, 0.29) is 11.8 Å². The molecule has 4 heterocycles. The van der Waals surface area contributed by atoms with Crippen molar-refractivity contribution in [3.8, 4) is 10.6 Å². The van der Waals surface area contributed by atoms with Crippen LogP contribution < -0.4 is 10.2 Å². The number of aromatic nitrogens is 4. The molecule has 3 aromatic rings. The number of piperidine rings is 1. The number of anilines is 2. The first-order valence-corrected chi connectivity index (χ1v) is 10.2. The summed E-state index contributed by atoms with van der Waals surface area (Å²) >= 11 is 7.26. The maximum atomic E-state index is 12.8. The van der Waals surface area contributed by atoms with Crippen molar-refractivity contribution in [2.24, 2.45) is 5.92 Å². The van der Waals surface area contributed by atoms with E-state index in [1.54, 1.807) is 12.3 Å². The highest BCUT2D eigenvalue weighted by Gasteiger charge is 2.27. The molecule has 1 fully saturated rings. The van der Waals surface area contributed by atoms with Crippen LogP contribution in [0.5, 0.6) is 0 Å². The van der Waals surface area contributed by atoms with Gasteiger partial charge >= 0.3 is 0 Å². The molecule has 1 unspecified atom stereocenters. The number of pyridine rings is 1. The van der Waals surface area contributed by atoms with Crippen LogP contribution in [0.2, 0.25) is 5.15 Å². The zero-order valence-electron chi connectivity index (χ0n) is 15.3. The van der Waals surface area contributed by atoms with Crippen LogP contribution in [-0.2, 0) is 4.79 Å². The molecular formula is C19H19ClN6OS. The molecule has 144 valence electrons. The van der Waals surface area contributed by atoms with Crippen molar-refractivity contribution >= 4 is 39.8 Å². The molecular weight excluding hydrogens is 396 g/mol. The predicted molar refractivity (Wildman–Crippen MR) is 111 cm³/mol. The Kier molecular flexibility index (Phi) is 5.50. The van der Waals surface area contributed by atoms with E-state index in [9.17, 15) is 4.79 Å². The van der Waals surface area contributed by atoms with E-state index in [4.69, 9.17) is 11.6 Å². The fourth-order valence-corrected chi connectivity index (χ4v) is 4.32. The van der Waals surface area contributed by atoms with E-state index < -0.39 is 0 Å². The number of amides is 1. The van der Waals surface area contributed by atoms with E-state index >= 15 is 0 Å². The molecule has 0 bridgehead atoms. The Morgan fingerprint density at radius 2 is 2.18 bits per heavy atom. The van der Waals surface area contributed by atoms with Gasteiger partial charge in [0.1, 0.15) is 0 Å². The van der Waals surface area contributed by atoms with E-state index in [0.29, 0.717) is 16.8 Å². The van der Waals surface area contributed by atoms with Crippen LogP contribution in [-0.4, -0.2) is 39.2 Å². The first-order chi connectivity index (χ1) is 13.6. The summed E-state index contributed by atoms with van der Waals surface area (Å²) in [5.74, 6) is 0.589. The molecule has 3 aromatic heterocycles. The Labute approximate surface area is 171 Å². The Bertz CT molecular complexity index is 962. The fourth-order valence-electron chi connectivity index (χ4n) is 3.27. The monoisotopic (exact) mass is 414 g/mol. The lowest BCUT2D eigenvalue weighted by Gasteiger charge is -2.32. The molecule has 1 aliphatic heterocycles. The number of aryl methyl sites for hydroxylation is 1. The number of carbonyl (C=O) groups is 1. The van der Waals surface area contributed by atoms with Crippen LogP contribution in [0.15, 0.2) is 36.5 Å². The molecule has 1 aliphatic rings. The quantitative estimate of drug-likeness (QED) is 0.698. The van der Waals surface area contributed by atoms with Crippen molar-refractivity contribution in [2.75, 3.05) is 23.3 Å². The average molecular weight is 415 g/mol. The van der Waals surface area contributed by atoms with Gasteiger partial charge in [-0.1, -0.05) is 29.0 Å². The van der Waals surface area contributed by atoms with Crippen molar-refractivity contribution in [3.05, 3.63) is 47.4 Å². The number of halogens is 1. The molecule has 0 radical (unpaired) electrons. The molecule has 0 spiro atoms. The summed E-state index contributed by atoms with van der Waals surface area (Å²) in [6.07, 6.45) is 3.50. The molecule has 0 saturated carbocycles. The van der Waals surface area contributed by atoms with Gasteiger partial charge in [0.15, 0.2) is 16.1 Å². The van der Waals surface area contributed by atoms with Crippen molar-refractivity contribution in [3.63, 3.8) is 0 Å². The molecule has 7 nitrogen and oxygen atoms in total. The smallest absolute Gasteiger partial charge is 0.231 e. The third-order valence-electron chi connectivity index (χ3n) is 4.66. The van der Waals surface area contributed by atoms with Crippen LogP contribution in [0.4, 0.5) is 10.9 Å². The Morgan fingerprint density at radius 3 is 2.93 bits per heavy atom. The molecule has 9 heteroatoms. The van der Waals surface area contributed by atoms with Gasteiger partial charge in [-0.2, -0.15) is 0 Å². The highest BCUT2D eigenvalue weighted by Crippen LogP contribution is 2.32. The summed E-state index contributed by atoms with van der Waals surface area (Å²) in [6.45, 7) is 3.37. The van der Waals surface area contributed by atoms with Crippen LogP contribution in [0, 0.1) is 12.8 Å². The number of nitrogens with one attached hydrogen (secondary N) is 1. The Morgan fingerprint density at radius 1 is 1.29 bits per heavy atom. The van der Waals surface area contributed by atoms with Gasteiger partial charge in [0.2, 0.25) is 5.91 Å². The van der Waals surface area contributed by atoms with Gasteiger partial charge in [-0.15, -0.1) is 10.2 Å². The number of hydrogen-bond acceptors (Lipinski definition) is 7. The number of rotatable bonds is 4. The SMILES string of the molecule is Cc1nc(NC(=O)C2CCCN(c3ccc(Cl)nn3)C2)sc1-c1ccccn1. The first kappa shape index (κ1) is 18.8. The van der Waals surface area contributed by atoms with Crippen LogP contribution in [0.25, 0.3) is 10.6 Å². The normalized spacial score (nSPS) is 16.8. The van der Waals surface area contributed by atoms with Crippen molar-refractivity contribution < 1.29 is 4.79 Å². The summed E-state index contributed by atoms with van der Waals surface area (Å²) in [5, 5.41) is 12.0. The zero-order chi connectivity index (χ0) is 19.5. The second-order valence-electron chi connectivity index (χ2n) is 6.64. The minimum atomic E-state index is -0.131. The molecule has 0 aromatic carbocycles. The largest absolute Gasteiger partial charge is 0.354 e. The highest BCUT2D eigenvalue weighted by atomic mass is 35.5. The average Bonchev–Trinajstić information content (AvgIpc) is 3.09. The molecule has 1 N–H and O–H groups in total. The van der Waals surface area contributed by atoms with Crippen LogP contribution >= 0.6 is 22.9 Å². The molecule has 1 amide bonds. The molecule has 1 atom stereocenters. The third-order valence-corrected chi connectivity index (χ3v) is 5.96. The lowest BCUT2D eigenvalue weighted by atomic mass is 9.97. The van der Waals surface area contributed by atoms with Gasteiger partial charge in [0.05, 0.1) is 22.2 Å². The maximum absolute atomic E-state index is 12.8. The Balaban J connectivity index is 1.44. The van der Waals surface area contributed by atoms with Crippen LogP contribution in [0.3, 0.4) is 0 Å². The van der Waals surface area contributed by atoms with Crippen molar-refractivity contribution in [2.45, 2.75) is 19.8 Å². The molecule has 28 heavy (non-hydrogen) atoms. The van der Waals surface area contributed by atoms with Crippen molar-refractivity contribution in [1.29, 1.82) is 0 Å². The minimum absolute atomic E-state index is 0.0204. The fraction of sp³-hybridized carbons (Fsp3) is 0.316. The van der Waals surface area contributed by atoms with Gasteiger partial charge < -0.3 is 10.2 Å². The molecule has 4 rings (SSSR count). The summed E-state index contributed by atoms with van der Waals surface area (Å²) < 4.78 is 0. The maximum Gasteiger partial charge on any atom is 0.231 e.